The summed E-state index contributed by atoms with van der Waals surface area (Å²) in [4.78, 5) is 15.9. The van der Waals surface area contributed by atoms with Crippen LogP contribution in [0.25, 0.3) is 0 Å². The zero-order valence-electron chi connectivity index (χ0n) is 9.47. The summed E-state index contributed by atoms with van der Waals surface area (Å²) in [5.41, 5.74) is 0.760. The number of ketones is 1. The van der Waals surface area contributed by atoms with Crippen molar-refractivity contribution >= 4 is 11.6 Å². The first-order valence-electron chi connectivity index (χ1n) is 5.59. The van der Waals surface area contributed by atoms with Gasteiger partial charge in [0, 0.05) is 24.7 Å². The summed E-state index contributed by atoms with van der Waals surface area (Å²) in [6.45, 7) is 0.602. The van der Waals surface area contributed by atoms with Crippen LogP contribution >= 0.6 is 0 Å². The summed E-state index contributed by atoms with van der Waals surface area (Å²) >= 11 is 0. The predicted octanol–water partition coefficient (Wildman–Crippen LogP) is 2.77. The van der Waals surface area contributed by atoms with Gasteiger partial charge in [0.25, 0.3) is 0 Å². The normalized spacial score (nSPS) is 9.88. The van der Waals surface area contributed by atoms with Gasteiger partial charge in [-0.15, -0.1) is 0 Å². The van der Waals surface area contributed by atoms with E-state index in [1.54, 1.807) is 6.20 Å². The molecular formula is C14H14N2O. The summed E-state index contributed by atoms with van der Waals surface area (Å²) in [5, 5.41) is 3.11. The standard InChI is InChI=1S/C14H14N2O/c17-13(12-6-2-1-3-7-12)9-11-16-14-8-4-5-10-15-14/h1-8,10H,9,11H2,(H,15,16). The van der Waals surface area contributed by atoms with Gasteiger partial charge in [-0.25, -0.2) is 4.98 Å². The Labute approximate surface area is 101 Å². The third-order valence-corrected chi connectivity index (χ3v) is 2.42. The fraction of sp³-hybridized carbons (Fsp3) is 0.143. The van der Waals surface area contributed by atoms with Crippen LogP contribution < -0.4 is 5.32 Å². The molecule has 0 saturated heterocycles. The summed E-state index contributed by atoms with van der Waals surface area (Å²) < 4.78 is 0. The molecule has 1 N–H and O–H groups in total. The number of nitrogens with zero attached hydrogens (tertiary/aromatic N) is 1. The fourth-order valence-electron chi connectivity index (χ4n) is 1.54. The van der Waals surface area contributed by atoms with Crippen molar-refractivity contribution in [2.24, 2.45) is 0 Å². The molecule has 17 heavy (non-hydrogen) atoms. The Morgan fingerprint density at radius 3 is 2.53 bits per heavy atom. The van der Waals surface area contributed by atoms with Gasteiger partial charge in [0.2, 0.25) is 0 Å². The van der Waals surface area contributed by atoms with Crippen molar-refractivity contribution in [3.05, 3.63) is 60.3 Å². The minimum absolute atomic E-state index is 0.147. The number of rotatable bonds is 5. The Hall–Kier alpha value is -2.16. The molecular weight excluding hydrogens is 212 g/mol. The molecule has 3 heteroatoms. The van der Waals surface area contributed by atoms with Gasteiger partial charge in [-0.05, 0) is 12.1 Å². The minimum atomic E-state index is 0.147. The summed E-state index contributed by atoms with van der Waals surface area (Å²) in [6, 6.07) is 15.0. The molecule has 2 aromatic rings. The minimum Gasteiger partial charge on any atom is -0.370 e. The lowest BCUT2D eigenvalue weighted by molar-refractivity contribution is 0.0986. The van der Waals surface area contributed by atoms with Crippen molar-refractivity contribution in [2.45, 2.75) is 6.42 Å². The Balaban J connectivity index is 1.82. The fourth-order valence-corrected chi connectivity index (χ4v) is 1.54. The van der Waals surface area contributed by atoms with E-state index in [2.05, 4.69) is 10.3 Å². The van der Waals surface area contributed by atoms with E-state index >= 15 is 0 Å². The maximum atomic E-state index is 11.8. The van der Waals surface area contributed by atoms with E-state index in [0.29, 0.717) is 13.0 Å². The first kappa shape index (κ1) is 11.3. The van der Waals surface area contributed by atoms with Gasteiger partial charge in [0.05, 0.1) is 0 Å². The number of aromatic nitrogens is 1. The van der Waals surface area contributed by atoms with Crippen molar-refractivity contribution in [2.75, 3.05) is 11.9 Å². The topological polar surface area (TPSA) is 42.0 Å². The van der Waals surface area contributed by atoms with Gasteiger partial charge >= 0.3 is 0 Å². The molecule has 0 atom stereocenters. The number of hydrogen-bond donors (Lipinski definition) is 1. The van der Waals surface area contributed by atoms with Gasteiger partial charge in [-0.1, -0.05) is 36.4 Å². The molecule has 2 rings (SSSR count). The predicted molar refractivity (Wildman–Crippen MR) is 68.1 cm³/mol. The maximum Gasteiger partial charge on any atom is 0.164 e. The van der Waals surface area contributed by atoms with Crippen LogP contribution in [0.5, 0.6) is 0 Å². The molecule has 3 nitrogen and oxygen atoms in total. The highest BCUT2D eigenvalue weighted by Gasteiger charge is 2.03. The average Bonchev–Trinajstić information content (AvgIpc) is 2.41. The number of carbonyl (C=O) groups is 1. The van der Waals surface area contributed by atoms with E-state index in [4.69, 9.17) is 0 Å². The molecule has 0 saturated carbocycles. The molecule has 0 unspecified atom stereocenters. The van der Waals surface area contributed by atoms with E-state index in [1.165, 1.54) is 0 Å². The third-order valence-electron chi connectivity index (χ3n) is 2.42. The second-order valence-corrected chi connectivity index (χ2v) is 3.68. The highest BCUT2D eigenvalue weighted by molar-refractivity contribution is 5.96. The highest BCUT2D eigenvalue weighted by Crippen LogP contribution is 2.04. The van der Waals surface area contributed by atoms with E-state index < -0.39 is 0 Å². The lowest BCUT2D eigenvalue weighted by Crippen LogP contribution is -2.09. The molecule has 0 radical (unpaired) electrons. The Morgan fingerprint density at radius 2 is 1.82 bits per heavy atom. The van der Waals surface area contributed by atoms with Crippen LogP contribution in [0, 0.1) is 0 Å². The number of anilines is 1. The summed E-state index contributed by atoms with van der Waals surface area (Å²) in [6.07, 6.45) is 2.20. The largest absolute Gasteiger partial charge is 0.370 e. The van der Waals surface area contributed by atoms with E-state index in [0.717, 1.165) is 11.4 Å². The van der Waals surface area contributed by atoms with Gasteiger partial charge in [0.1, 0.15) is 5.82 Å². The van der Waals surface area contributed by atoms with Crippen LogP contribution in [-0.2, 0) is 0 Å². The van der Waals surface area contributed by atoms with Crippen LogP contribution in [0.15, 0.2) is 54.7 Å². The number of hydrogen-bond acceptors (Lipinski definition) is 3. The lowest BCUT2D eigenvalue weighted by atomic mass is 10.1. The van der Waals surface area contributed by atoms with Gasteiger partial charge < -0.3 is 5.32 Å². The quantitative estimate of drug-likeness (QED) is 0.797. The molecule has 0 aliphatic heterocycles. The number of Topliss-reactive ketones (excluding diaryl/α,β-unsaturated/α-hetero) is 1. The van der Waals surface area contributed by atoms with E-state index in [-0.39, 0.29) is 5.78 Å². The van der Waals surface area contributed by atoms with E-state index in [1.807, 2.05) is 48.5 Å². The van der Waals surface area contributed by atoms with Crippen molar-refractivity contribution in [3.8, 4) is 0 Å². The van der Waals surface area contributed by atoms with Crippen LogP contribution in [0.4, 0.5) is 5.82 Å². The second-order valence-electron chi connectivity index (χ2n) is 3.68. The second kappa shape index (κ2) is 5.80. The van der Waals surface area contributed by atoms with Gasteiger partial charge in [-0.2, -0.15) is 0 Å². The van der Waals surface area contributed by atoms with Crippen molar-refractivity contribution in [1.29, 1.82) is 0 Å². The Kier molecular flexibility index (Phi) is 3.86. The number of carbonyl (C=O) groups excluding carboxylic acids is 1. The Bertz CT molecular complexity index is 468. The van der Waals surface area contributed by atoms with Crippen LogP contribution in [0.1, 0.15) is 16.8 Å². The third kappa shape index (κ3) is 3.41. The summed E-state index contributed by atoms with van der Waals surface area (Å²) in [7, 11) is 0. The summed E-state index contributed by atoms with van der Waals surface area (Å²) in [5.74, 6) is 0.947. The zero-order valence-corrected chi connectivity index (χ0v) is 9.47. The average molecular weight is 226 g/mol. The molecule has 0 bridgehead atoms. The highest BCUT2D eigenvalue weighted by atomic mass is 16.1. The number of benzene rings is 1. The van der Waals surface area contributed by atoms with Crippen molar-refractivity contribution in [3.63, 3.8) is 0 Å². The maximum absolute atomic E-state index is 11.8. The molecule has 86 valence electrons. The number of nitrogens with one attached hydrogen (secondary N) is 1. The van der Waals surface area contributed by atoms with Crippen molar-refractivity contribution < 1.29 is 4.79 Å². The SMILES string of the molecule is O=C(CCNc1ccccn1)c1ccccc1. The van der Waals surface area contributed by atoms with Crippen LogP contribution in [0.3, 0.4) is 0 Å². The molecule has 0 aliphatic carbocycles. The molecule has 0 amide bonds. The van der Waals surface area contributed by atoms with Crippen molar-refractivity contribution in [1.82, 2.24) is 4.98 Å². The number of pyridine rings is 1. The lowest BCUT2D eigenvalue weighted by Gasteiger charge is -2.04. The smallest absolute Gasteiger partial charge is 0.164 e. The molecule has 1 aromatic heterocycles. The van der Waals surface area contributed by atoms with E-state index in [9.17, 15) is 4.79 Å². The Morgan fingerprint density at radius 1 is 1.06 bits per heavy atom. The van der Waals surface area contributed by atoms with Crippen LogP contribution in [-0.4, -0.2) is 17.3 Å². The molecule has 1 aromatic carbocycles. The zero-order chi connectivity index (χ0) is 11.9. The molecule has 0 fully saturated rings. The first-order chi connectivity index (χ1) is 8.36. The monoisotopic (exact) mass is 226 g/mol. The van der Waals surface area contributed by atoms with Crippen LogP contribution in [0.2, 0.25) is 0 Å². The van der Waals surface area contributed by atoms with Gasteiger partial charge in [0.15, 0.2) is 5.78 Å². The molecule has 0 aliphatic rings. The first-order valence-corrected chi connectivity index (χ1v) is 5.59. The molecule has 0 spiro atoms. The van der Waals surface area contributed by atoms with Gasteiger partial charge in [-0.3, -0.25) is 4.79 Å². The molecule has 1 heterocycles.